The monoisotopic (exact) mass is 1140 g/mol. The van der Waals surface area contributed by atoms with Crippen LogP contribution in [0, 0.1) is 123 Å². The molecule has 2 heterocycles. The molecule has 0 saturated heterocycles. The van der Waals surface area contributed by atoms with Crippen LogP contribution in [0.15, 0.2) is 95.2 Å². The third kappa shape index (κ3) is 9.32. The van der Waals surface area contributed by atoms with Gasteiger partial charge in [-0.1, -0.05) is 23.1 Å². The summed E-state index contributed by atoms with van der Waals surface area (Å²) in [6, 6.07) is 25.7. The Bertz CT molecular complexity index is 3050. The van der Waals surface area contributed by atoms with Crippen molar-refractivity contribution in [3.8, 4) is 11.5 Å². The summed E-state index contributed by atoms with van der Waals surface area (Å²) < 4.78 is 309. The molecule has 0 atom stereocenters. The lowest BCUT2D eigenvalue weighted by Gasteiger charge is -2.44. The third-order valence-electron chi connectivity index (χ3n) is 11.0. The number of hydrogen-bond acceptors (Lipinski definition) is 5. The van der Waals surface area contributed by atoms with E-state index in [1.54, 1.807) is 14.2 Å². The van der Waals surface area contributed by atoms with Crippen LogP contribution in [0.2, 0.25) is 0 Å². The van der Waals surface area contributed by atoms with Gasteiger partial charge in [0.2, 0.25) is 4.21 Å². The molecule has 8 rings (SSSR count). The predicted molar refractivity (Wildman–Crippen MR) is 235 cm³/mol. The van der Waals surface area contributed by atoms with Crippen molar-refractivity contribution in [2.45, 2.75) is 29.3 Å². The fraction of sp³-hybridized carbons (Fsp3) is 0.0638. The largest absolute Gasteiger partial charge is 0.497 e. The molecule has 8 aromatic rings. The van der Waals surface area contributed by atoms with Gasteiger partial charge < -0.3 is 9.47 Å². The SMILES string of the molecule is COc1ccc([S+](c2ccc(OC)cc2)c2ccc(Sc3ccc(C)s3)s2)cc1.Fc1c(F)c(F)c([B-](c2c(F)c(F)c(F)c(F)c2F)(c2c(F)c(F)c(F)c(F)c2F)c2c(F)c(F)c(F)c(F)c2F)c(F)c1F. The van der Waals surface area contributed by atoms with E-state index in [1.807, 2.05) is 58.7 Å². The summed E-state index contributed by atoms with van der Waals surface area (Å²) in [4.78, 5) is 3.91. The van der Waals surface area contributed by atoms with Crippen LogP contribution < -0.4 is 31.3 Å². The van der Waals surface area contributed by atoms with Crippen molar-refractivity contribution in [3.63, 3.8) is 0 Å². The summed E-state index contributed by atoms with van der Waals surface area (Å²) >= 11 is 5.57. The average Bonchev–Trinajstić information content (AvgIpc) is 4.04. The van der Waals surface area contributed by atoms with Gasteiger partial charge in [-0.25, -0.2) is 87.8 Å². The highest BCUT2D eigenvalue weighted by molar-refractivity contribution is 8.03. The summed E-state index contributed by atoms with van der Waals surface area (Å²) in [5.41, 5.74) is -14.3. The van der Waals surface area contributed by atoms with Crippen LogP contribution >= 0.6 is 34.4 Å². The lowest BCUT2D eigenvalue weighted by atomic mass is 9.12. The summed E-state index contributed by atoms with van der Waals surface area (Å²) in [5, 5.41) is 0. The first-order chi connectivity index (χ1) is 34.9. The number of halogens is 20. The molecule has 0 saturated carbocycles. The molecule has 0 amide bonds. The van der Waals surface area contributed by atoms with E-state index in [0.717, 1.165) is 11.5 Å². The van der Waals surface area contributed by atoms with Crippen molar-refractivity contribution in [1.82, 2.24) is 0 Å². The van der Waals surface area contributed by atoms with Gasteiger partial charge in [-0.3, -0.25) is 0 Å². The van der Waals surface area contributed by atoms with Gasteiger partial charge in [0.25, 0.3) is 0 Å². The summed E-state index contributed by atoms with van der Waals surface area (Å²) in [6.45, 7) is 2.15. The Labute approximate surface area is 418 Å². The molecule has 0 aliphatic rings. The van der Waals surface area contributed by atoms with E-state index in [0.29, 0.717) is 0 Å². The highest BCUT2D eigenvalue weighted by Gasteiger charge is 2.52. The molecule has 0 spiro atoms. The highest BCUT2D eigenvalue weighted by atomic mass is 32.2. The number of methoxy groups -OCH3 is 2. The Hall–Kier alpha value is -6.32. The fourth-order valence-electron chi connectivity index (χ4n) is 7.70. The van der Waals surface area contributed by atoms with E-state index in [4.69, 9.17) is 9.47 Å². The summed E-state index contributed by atoms with van der Waals surface area (Å²) in [5.74, 6) is -69.7. The molecule has 0 fully saturated rings. The van der Waals surface area contributed by atoms with Crippen molar-refractivity contribution < 1.29 is 97.3 Å². The fourth-order valence-corrected chi connectivity index (χ4v) is 14.0. The van der Waals surface area contributed by atoms with Crippen molar-refractivity contribution in [2.75, 3.05) is 14.2 Å². The molecule has 0 bridgehead atoms. The molecule has 27 heteroatoms. The first-order valence-corrected chi connectivity index (χ1v) is 23.6. The molecule has 388 valence electrons. The summed E-state index contributed by atoms with van der Waals surface area (Å²) in [7, 11) is 3.23. The van der Waals surface area contributed by atoms with Crippen molar-refractivity contribution in [1.29, 1.82) is 0 Å². The normalized spacial score (nSPS) is 11.6. The number of ether oxygens (including phenoxy) is 2. The number of hydrogen-bond donors (Lipinski definition) is 0. The van der Waals surface area contributed by atoms with Gasteiger partial charge in [0, 0.05) is 10.9 Å². The maximum atomic E-state index is 15.4. The number of thiophene rings is 2. The lowest BCUT2D eigenvalue weighted by Crippen LogP contribution is -2.81. The van der Waals surface area contributed by atoms with Crippen LogP contribution in [0.3, 0.4) is 0 Å². The minimum atomic E-state index is -7.22. The van der Waals surface area contributed by atoms with Crippen molar-refractivity contribution in [2.24, 2.45) is 0 Å². The van der Waals surface area contributed by atoms with Crippen LogP contribution in [0.25, 0.3) is 0 Å². The predicted octanol–water partition coefficient (Wildman–Crippen LogP) is 13.2. The van der Waals surface area contributed by atoms with Crippen molar-refractivity contribution in [3.05, 3.63) is 194 Å². The van der Waals surface area contributed by atoms with Gasteiger partial charge in [-0.2, -0.15) is 0 Å². The smallest absolute Gasteiger partial charge is 0.221 e. The van der Waals surface area contributed by atoms with Crippen LogP contribution in [-0.4, -0.2) is 20.4 Å². The van der Waals surface area contributed by atoms with Gasteiger partial charge in [0.15, 0.2) is 79.6 Å². The lowest BCUT2D eigenvalue weighted by molar-refractivity contribution is 0.378. The Kier molecular flexibility index (Phi) is 16.1. The molecule has 74 heavy (non-hydrogen) atoms. The molecule has 6 aromatic carbocycles. The van der Waals surface area contributed by atoms with Crippen LogP contribution in [0.5, 0.6) is 11.5 Å². The molecule has 2 nitrogen and oxygen atoms in total. The van der Waals surface area contributed by atoms with Crippen LogP contribution in [0.4, 0.5) is 87.8 Å². The zero-order chi connectivity index (χ0) is 54.6. The molecular weight excluding hydrogens is 1120 g/mol. The van der Waals surface area contributed by atoms with Crippen LogP contribution in [-0.2, 0) is 10.9 Å². The zero-order valence-electron chi connectivity index (χ0n) is 36.5. The number of rotatable bonds is 11. The van der Waals surface area contributed by atoms with Crippen molar-refractivity contribution >= 4 is 73.3 Å². The van der Waals surface area contributed by atoms with Gasteiger partial charge in [0.1, 0.15) is 75.1 Å². The number of benzene rings is 6. The molecule has 0 unspecified atom stereocenters. The quantitative estimate of drug-likeness (QED) is 0.0423. The third-order valence-corrected chi connectivity index (χ3v) is 16.9. The first-order valence-electron chi connectivity index (χ1n) is 20.0. The minimum Gasteiger partial charge on any atom is -0.497 e. The Morgan fingerprint density at radius 1 is 0.338 bits per heavy atom. The van der Waals surface area contributed by atoms with E-state index in [2.05, 4.69) is 55.5 Å². The molecule has 0 radical (unpaired) electrons. The topological polar surface area (TPSA) is 18.5 Å². The Morgan fingerprint density at radius 3 is 0.851 bits per heavy atom. The molecule has 2 aromatic heterocycles. The van der Waals surface area contributed by atoms with E-state index in [-0.39, 0.29) is 10.9 Å². The molecule has 0 aliphatic carbocycles. The maximum Gasteiger partial charge on any atom is 0.221 e. The van der Waals surface area contributed by atoms with E-state index >= 15 is 35.1 Å². The Morgan fingerprint density at radius 2 is 0.595 bits per heavy atom. The highest BCUT2D eigenvalue weighted by Crippen LogP contribution is 2.43. The van der Waals surface area contributed by atoms with Crippen LogP contribution in [0.1, 0.15) is 4.88 Å². The minimum absolute atomic E-state index is 0.170. The second kappa shape index (κ2) is 21.5. The first kappa shape index (κ1) is 55.4. The van der Waals surface area contributed by atoms with Gasteiger partial charge in [0.05, 0.1) is 22.6 Å². The second-order valence-corrected chi connectivity index (χ2v) is 21.2. The maximum absolute atomic E-state index is 15.4. The van der Waals surface area contributed by atoms with E-state index in [1.165, 1.54) is 27.3 Å². The molecular formula is C47H21BF20O2S4. The second-order valence-electron chi connectivity index (χ2n) is 15.0. The van der Waals surface area contributed by atoms with E-state index in [9.17, 15) is 52.7 Å². The Balaban J connectivity index is 0.000000237. The molecule has 0 N–H and O–H groups in total. The summed E-state index contributed by atoms with van der Waals surface area (Å²) in [6.07, 6.45) is -7.22. The van der Waals surface area contributed by atoms with Gasteiger partial charge in [-0.15, -0.1) is 33.2 Å². The molecule has 0 aliphatic heterocycles. The van der Waals surface area contributed by atoms with Gasteiger partial charge in [-0.05, 0) is 73.7 Å². The zero-order valence-corrected chi connectivity index (χ0v) is 39.8. The van der Waals surface area contributed by atoms with E-state index < -0.39 is 144 Å². The average molecular weight is 1140 g/mol. The standard InChI is InChI=1S/C24BF20.C23H21O2S4/c26-5-1(6(27)14(35)21(42)13(5)34)25(2-7(28)15(36)22(43)16(37)8(2)29,3-9(30)17(38)23(44)18(39)10(3)31)4-11(32)19(40)24(45)20(41)12(4)33;1-16-4-13-21(26-16)27-22-14-15-23(28-22)29(19-9-5-17(24-2)6-10-19)20-11-7-18(25-3)8-12-20/h;4-15H,1-3H3/q-1;+1. The van der Waals surface area contributed by atoms with Gasteiger partial charge >= 0.3 is 0 Å². The number of aryl methyl sites for hydroxylation is 1.